The normalized spacial score (nSPS) is 14.1. The molecule has 1 heterocycles. The van der Waals surface area contributed by atoms with E-state index < -0.39 is 0 Å². The molecule has 1 aliphatic rings. The van der Waals surface area contributed by atoms with Crippen LogP contribution < -0.4 is 10.2 Å². The molecule has 0 aromatic heterocycles. The third kappa shape index (κ3) is 2.16. The van der Waals surface area contributed by atoms with Crippen molar-refractivity contribution in [1.29, 1.82) is 0 Å². The van der Waals surface area contributed by atoms with Gasteiger partial charge in [-0.15, -0.1) is 0 Å². The van der Waals surface area contributed by atoms with Crippen LogP contribution in [0.4, 0.5) is 11.4 Å². The van der Waals surface area contributed by atoms with Gasteiger partial charge in [-0.25, -0.2) is 0 Å². The first kappa shape index (κ1) is 11.3. The average Bonchev–Trinajstić information content (AvgIpc) is 2.35. The van der Waals surface area contributed by atoms with Crippen LogP contribution in [0.15, 0.2) is 18.2 Å². The second kappa shape index (κ2) is 5.24. The molecule has 1 aliphatic heterocycles. The Kier molecular flexibility index (Phi) is 3.70. The van der Waals surface area contributed by atoms with E-state index in [1.54, 1.807) is 0 Å². The molecule has 0 spiro atoms. The Morgan fingerprint density at radius 2 is 2.19 bits per heavy atom. The van der Waals surface area contributed by atoms with Crippen LogP contribution in [0.5, 0.6) is 0 Å². The maximum atomic E-state index is 3.56. The molecule has 88 valence electrons. The predicted octanol–water partition coefficient (Wildman–Crippen LogP) is 3.28. The standard InChI is InChI=1S/C14H22N2/c1-3-11-16(4-2)13-9-5-7-12-8-6-10-15-14(12)13/h5,7,9,15H,3-4,6,8,10-11H2,1-2H3. The van der Waals surface area contributed by atoms with Crippen molar-refractivity contribution in [3.05, 3.63) is 23.8 Å². The summed E-state index contributed by atoms with van der Waals surface area (Å²) in [5.41, 5.74) is 4.25. The minimum atomic E-state index is 1.09. The fourth-order valence-corrected chi connectivity index (χ4v) is 2.47. The summed E-state index contributed by atoms with van der Waals surface area (Å²) in [6, 6.07) is 6.70. The molecular weight excluding hydrogens is 196 g/mol. The molecule has 1 N–H and O–H groups in total. The van der Waals surface area contributed by atoms with Gasteiger partial charge in [-0.05, 0) is 37.8 Å². The summed E-state index contributed by atoms with van der Waals surface area (Å²) in [6.45, 7) is 7.83. The Morgan fingerprint density at radius 1 is 1.31 bits per heavy atom. The molecular formula is C14H22N2. The lowest BCUT2D eigenvalue weighted by Gasteiger charge is -2.29. The van der Waals surface area contributed by atoms with Gasteiger partial charge in [0.2, 0.25) is 0 Å². The second-order valence-electron chi connectivity index (χ2n) is 4.42. The number of nitrogens with one attached hydrogen (secondary N) is 1. The monoisotopic (exact) mass is 218 g/mol. The first-order chi connectivity index (χ1) is 7.86. The SMILES string of the molecule is CCCN(CC)c1cccc2c1NCCC2. The Hall–Kier alpha value is -1.18. The summed E-state index contributed by atoms with van der Waals surface area (Å²) in [5.74, 6) is 0. The van der Waals surface area contributed by atoms with Crippen LogP contribution in [-0.2, 0) is 6.42 Å². The van der Waals surface area contributed by atoms with Gasteiger partial charge < -0.3 is 10.2 Å². The van der Waals surface area contributed by atoms with Crippen LogP contribution in [0.2, 0.25) is 0 Å². The Morgan fingerprint density at radius 3 is 2.94 bits per heavy atom. The van der Waals surface area contributed by atoms with Crippen molar-refractivity contribution < 1.29 is 0 Å². The molecule has 1 aromatic rings. The van der Waals surface area contributed by atoms with Crippen LogP contribution in [0.1, 0.15) is 32.3 Å². The molecule has 0 fully saturated rings. The van der Waals surface area contributed by atoms with Crippen molar-refractivity contribution in [2.45, 2.75) is 33.1 Å². The van der Waals surface area contributed by atoms with E-state index in [9.17, 15) is 0 Å². The highest BCUT2D eigenvalue weighted by Gasteiger charge is 2.15. The quantitative estimate of drug-likeness (QED) is 0.834. The van der Waals surface area contributed by atoms with Crippen LogP contribution in [0, 0.1) is 0 Å². The lowest BCUT2D eigenvalue weighted by molar-refractivity contribution is 0.781. The van der Waals surface area contributed by atoms with Crippen molar-refractivity contribution in [2.24, 2.45) is 0 Å². The number of nitrogens with zero attached hydrogens (tertiary/aromatic N) is 1. The number of hydrogen-bond donors (Lipinski definition) is 1. The molecule has 0 radical (unpaired) electrons. The van der Waals surface area contributed by atoms with E-state index >= 15 is 0 Å². The number of aryl methyl sites for hydroxylation is 1. The Labute approximate surface area is 98.7 Å². The van der Waals surface area contributed by atoms with Crippen LogP contribution in [0.25, 0.3) is 0 Å². The van der Waals surface area contributed by atoms with E-state index in [2.05, 4.69) is 42.3 Å². The fourth-order valence-electron chi connectivity index (χ4n) is 2.47. The number of rotatable bonds is 4. The molecule has 16 heavy (non-hydrogen) atoms. The highest BCUT2D eigenvalue weighted by molar-refractivity contribution is 5.74. The predicted molar refractivity (Wildman–Crippen MR) is 71.4 cm³/mol. The van der Waals surface area contributed by atoms with Crippen LogP contribution >= 0.6 is 0 Å². The lowest BCUT2D eigenvalue weighted by atomic mass is 10.0. The first-order valence-electron chi connectivity index (χ1n) is 6.47. The number of hydrogen-bond acceptors (Lipinski definition) is 2. The summed E-state index contributed by atoms with van der Waals surface area (Å²) in [7, 11) is 0. The summed E-state index contributed by atoms with van der Waals surface area (Å²) in [5, 5.41) is 3.56. The first-order valence-corrected chi connectivity index (χ1v) is 6.47. The highest BCUT2D eigenvalue weighted by Crippen LogP contribution is 2.32. The van der Waals surface area contributed by atoms with Crippen LogP contribution in [0.3, 0.4) is 0 Å². The summed E-state index contributed by atoms with van der Waals surface area (Å²) >= 11 is 0. The summed E-state index contributed by atoms with van der Waals surface area (Å²) < 4.78 is 0. The van der Waals surface area contributed by atoms with Crippen molar-refractivity contribution in [3.8, 4) is 0 Å². The Bertz CT molecular complexity index is 347. The summed E-state index contributed by atoms with van der Waals surface area (Å²) in [4.78, 5) is 2.47. The van der Waals surface area contributed by atoms with E-state index in [-0.39, 0.29) is 0 Å². The van der Waals surface area contributed by atoms with E-state index in [1.165, 1.54) is 36.2 Å². The maximum Gasteiger partial charge on any atom is 0.0610 e. The van der Waals surface area contributed by atoms with Gasteiger partial charge in [-0.1, -0.05) is 19.1 Å². The fraction of sp³-hybridized carbons (Fsp3) is 0.571. The lowest BCUT2D eigenvalue weighted by Crippen LogP contribution is -2.26. The van der Waals surface area contributed by atoms with E-state index in [1.807, 2.05) is 0 Å². The largest absolute Gasteiger partial charge is 0.383 e. The minimum absolute atomic E-state index is 1.09. The Balaban J connectivity index is 2.31. The van der Waals surface area contributed by atoms with Gasteiger partial charge in [0, 0.05) is 19.6 Å². The third-order valence-electron chi connectivity index (χ3n) is 3.27. The molecule has 0 amide bonds. The molecule has 2 heteroatoms. The van der Waals surface area contributed by atoms with E-state index in [0.29, 0.717) is 0 Å². The summed E-state index contributed by atoms with van der Waals surface area (Å²) in [6.07, 6.45) is 3.69. The zero-order valence-electron chi connectivity index (χ0n) is 10.4. The second-order valence-corrected chi connectivity index (χ2v) is 4.42. The molecule has 0 saturated heterocycles. The van der Waals surface area contributed by atoms with Crippen molar-refractivity contribution in [1.82, 2.24) is 0 Å². The molecule has 0 atom stereocenters. The third-order valence-corrected chi connectivity index (χ3v) is 3.27. The minimum Gasteiger partial charge on any atom is -0.383 e. The molecule has 1 aromatic carbocycles. The number of para-hydroxylation sites is 1. The molecule has 0 unspecified atom stereocenters. The van der Waals surface area contributed by atoms with Gasteiger partial charge in [0.05, 0.1) is 11.4 Å². The zero-order chi connectivity index (χ0) is 11.4. The van der Waals surface area contributed by atoms with E-state index in [4.69, 9.17) is 0 Å². The van der Waals surface area contributed by atoms with Crippen molar-refractivity contribution >= 4 is 11.4 Å². The van der Waals surface area contributed by atoms with Gasteiger partial charge in [0.15, 0.2) is 0 Å². The van der Waals surface area contributed by atoms with Gasteiger partial charge in [-0.3, -0.25) is 0 Å². The topological polar surface area (TPSA) is 15.3 Å². The van der Waals surface area contributed by atoms with E-state index in [0.717, 1.165) is 19.6 Å². The molecule has 0 bridgehead atoms. The maximum absolute atomic E-state index is 3.56. The van der Waals surface area contributed by atoms with Gasteiger partial charge in [0.1, 0.15) is 0 Å². The average molecular weight is 218 g/mol. The van der Waals surface area contributed by atoms with Gasteiger partial charge in [0.25, 0.3) is 0 Å². The van der Waals surface area contributed by atoms with Crippen LogP contribution in [-0.4, -0.2) is 19.6 Å². The van der Waals surface area contributed by atoms with Gasteiger partial charge in [-0.2, -0.15) is 0 Å². The molecule has 2 rings (SSSR count). The molecule has 0 saturated carbocycles. The highest BCUT2D eigenvalue weighted by atomic mass is 15.1. The van der Waals surface area contributed by atoms with Crippen molar-refractivity contribution in [2.75, 3.05) is 29.9 Å². The smallest absolute Gasteiger partial charge is 0.0610 e. The van der Waals surface area contributed by atoms with Gasteiger partial charge >= 0.3 is 0 Å². The molecule has 0 aliphatic carbocycles. The zero-order valence-corrected chi connectivity index (χ0v) is 10.4. The number of fused-ring (bicyclic) bond motifs is 1. The molecule has 2 nitrogen and oxygen atoms in total. The van der Waals surface area contributed by atoms with Crippen molar-refractivity contribution in [3.63, 3.8) is 0 Å². The number of anilines is 2. The number of benzene rings is 1.